The third-order valence-corrected chi connectivity index (χ3v) is 10.9. The topological polar surface area (TPSA) is 38.7 Å². The van der Waals surface area contributed by atoms with Crippen LogP contribution in [0.3, 0.4) is 0 Å². The van der Waals surface area contributed by atoms with Crippen molar-refractivity contribution >= 4 is 0 Å². The highest BCUT2D eigenvalue weighted by Crippen LogP contribution is 2.56. The van der Waals surface area contributed by atoms with E-state index in [-0.39, 0.29) is 0 Å². The van der Waals surface area contributed by atoms with Gasteiger partial charge in [-0.15, -0.1) is 0 Å². The first-order valence-electron chi connectivity index (χ1n) is 18.7. The summed E-state index contributed by atoms with van der Waals surface area (Å²) in [6.07, 6.45) is 3.68. The van der Waals surface area contributed by atoms with E-state index in [4.69, 9.17) is 9.97 Å². The maximum atomic E-state index is 5.09. The molecule has 0 unspecified atom stereocenters. The second-order valence-corrected chi connectivity index (χ2v) is 14.0. The number of nitrogens with zero attached hydrogens (tertiary/aromatic N) is 3. The van der Waals surface area contributed by atoms with Crippen LogP contribution in [0.5, 0.6) is 0 Å². The van der Waals surface area contributed by atoms with Crippen molar-refractivity contribution in [2.45, 2.75) is 5.41 Å². The summed E-state index contributed by atoms with van der Waals surface area (Å²) in [7, 11) is 0. The molecule has 0 saturated carbocycles. The van der Waals surface area contributed by atoms with Crippen LogP contribution < -0.4 is 0 Å². The Balaban J connectivity index is 1.04. The monoisotopic (exact) mass is 701 g/mol. The molecular weight excluding hydrogens is 667 g/mol. The minimum absolute atomic E-state index is 0.406. The largest absolute Gasteiger partial charge is 0.264 e. The van der Waals surface area contributed by atoms with Gasteiger partial charge in [0.15, 0.2) is 5.82 Å². The smallest absolute Gasteiger partial charge is 0.160 e. The Morgan fingerprint density at radius 1 is 0.327 bits per heavy atom. The maximum Gasteiger partial charge on any atom is 0.160 e. The standard InChI is InChI=1S/C52H35N3/c1-4-13-40(14-5-1)51-54-49(34-50(55-51)39-28-24-37(25-29-39)42-15-12-32-53-35-42)38-26-22-36(23-27-38)41-30-31-48-46(33-41)45-20-10-11-21-47(45)52(48,43-16-6-2-7-17-43)44-18-8-3-9-19-44/h1-35H. The van der Waals surface area contributed by atoms with Crippen LogP contribution in [-0.4, -0.2) is 15.0 Å². The zero-order chi connectivity index (χ0) is 36.6. The summed E-state index contributed by atoms with van der Waals surface area (Å²) >= 11 is 0. The van der Waals surface area contributed by atoms with Crippen LogP contribution in [0, 0.1) is 0 Å². The second kappa shape index (κ2) is 13.6. The molecule has 0 spiro atoms. The van der Waals surface area contributed by atoms with E-state index in [0.717, 1.165) is 44.8 Å². The van der Waals surface area contributed by atoms with Crippen LogP contribution in [0.4, 0.5) is 0 Å². The van der Waals surface area contributed by atoms with Crippen LogP contribution in [-0.2, 0) is 5.41 Å². The number of hydrogen-bond acceptors (Lipinski definition) is 3. The third-order valence-electron chi connectivity index (χ3n) is 10.9. The number of rotatable bonds is 7. The Hall–Kier alpha value is -7.23. The Morgan fingerprint density at radius 2 is 0.818 bits per heavy atom. The van der Waals surface area contributed by atoms with Gasteiger partial charge in [0.1, 0.15) is 0 Å². The number of pyridine rings is 1. The molecule has 3 nitrogen and oxygen atoms in total. The Kier molecular flexibility index (Phi) is 8.04. The molecule has 0 amide bonds. The van der Waals surface area contributed by atoms with Crippen molar-refractivity contribution in [3.05, 3.63) is 235 Å². The van der Waals surface area contributed by atoms with Crippen LogP contribution in [0.15, 0.2) is 213 Å². The zero-order valence-corrected chi connectivity index (χ0v) is 30.0. The first kappa shape index (κ1) is 32.4. The molecule has 2 aromatic heterocycles. The fourth-order valence-corrected chi connectivity index (χ4v) is 8.29. The van der Waals surface area contributed by atoms with Gasteiger partial charge in [0, 0.05) is 29.1 Å². The van der Waals surface area contributed by atoms with Gasteiger partial charge in [-0.25, -0.2) is 9.97 Å². The molecule has 3 heteroatoms. The Labute approximate surface area is 321 Å². The van der Waals surface area contributed by atoms with E-state index < -0.39 is 5.41 Å². The van der Waals surface area contributed by atoms with Crippen molar-refractivity contribution in [1.29, 1.82) is 0 Å². The van der Waals surface area contributed by atoms with Gasteiger partial charge in [-0.05, 0) is 73.8 Å². The Bertz CT molecular complexity index is 2720. The highest BCUT2D eigenvalue weighted by molar-refractivity contribution is 5.89. The molecule has 0 radical (unpaired) electrons. The van der Waals surface area contributed by atoms with E-state index in [0.29, 0.717) is 5.82 Å². The quantitative estimate of drug-likeness (QED) is 0.166. The maximum absolute atomic E-state index is 5.09. The molecule has 0 fully saturated rings. The molecule has 9 aromatic rings. The van der Waals surface area contributed by atoms with Crippen LogP contribution >= 0.6 is 0 Å². The fourth-order valence-electron chi connectivity index (χ4n) is 8.29. The summed E-state index contributed by atoms with van der Waals surface area (Å²) in [5.74, 6) is 0.700. The van der Waals surface area contributed by atoms with Gasteiger partial charge in [0.2, 0.25) is 0 Å². The van der Waals surface area contributed by atoms with Gasteiger partial charge >= 0.3 is 0 Å². The van der Waals surface area contributed by atoms with Gasteiger partial charge in [0.05, 0.1) is 16.8 Å². The van der Waals surface area contributed by atoms with E-state index in [1.54, 1.807) is 6.20 Å². The number of hydrogen-bond donors (Lipinski definition) is 0. The van der Waals surface area contributed by atoms with E-state index in [2.05, 4.69) is 181 Å². The molecule has 0 saturated heterocycles. The molecule has 2 heterocycles. The molecule has 0 atom stereocenters. The lowest BCUT2D eigenvalue weighted by Gasteiger charge is -2.33. The second-order valence-electron chi connectivity index (χ2n) is 14.0. The SMILES string of the molecule is c1ccc(-c2nc(-c3ccc(-c4cccnc4)cc3)cc(-c3ccc(-c4ccc5c(c4)-c4ccccc4C5(c4ccccc4)c4ccccc4)cc3)n2)cc1. The predicted molar refractivity (Wildman–Crippen MR) is 224 cm³/mol. The van der Waals surface area contributed by atoms with Gasteiger partial charge in [-0.2, -0.15) is 0 Å². The van der Waals surface area contributed by atoms with Gasteiger partial charge in [-0.3, -0.25) is 4.98 Å². The highest BCUT2D eigenvalue weighted by atomic mass is 14.9. The number of benzene rings is 7. The molecule has 55 heavy (non-hydrogen) atoms. The summed E-state index contributed by atoms with van der Waals surface area (Å²) < 4.78 is 0. The first-order valence-corrected chi connectivity index (χ1v) is 18.7. The van der Waals surface area contributed by atoms with Gasteiger partial charge in [-0.1, -0.05) is 182 Å². The molecule has 1 aliphatic carbocycles. The van der Waals surface area contributed by atoms with Crippen LogP contribution in [0.2, 0.25) is 0 Å². The van der Waals surface area contributed by atoms with Crippen LogP contribution in [0.1, 0.15) is 22.3 Å². The van der Waals surface area contributed by atoms with Crippen molar-refractivity contribution in [2.75, 3.05) is 0 Å². The molecule has 0 N–H and O–H groups in total. The lowest BCUT2D eigenvalue weighted by Crippen LogP contribution is -2.28. The average molecular weight is 702 g/mol. The summed E-state index contributed by atoms with van der Waals surface area (Å²) in [6.45, 7) is 0. The molecule has 0 bridgehead atoms. The molecule has 258 valence electrons. The lowest BCUT2D eigenvalue weighted by atomic mass is 9.67. The van der Waals surface area contributed by atoms with Gasteiger partial charge < -0.3 is 0 Å². The van der Waals surface area contributed by atoms with E-state index in [1.165, 1.54) is 38.9 Å². The minimum Gasteiger partial charge on any atom is -0.264 e. The Morgan fingerprint density at radius 3 is 1.42 bits per heavy atom. The highest BCUT2D eigenvalue weighted by Gasteiger charge is 2.45. The summed E-state index contributed by atoms with van der Waals surface area (Å²) in [5.41, 5.74) is 16.7. The zero-order valence-electron chi connectivity index (χ0n) is 30.0. The molecule has 1 aliphatic rings. The van der Waals surface area contributed by atoms with Crippen molar-refractivity contribution in [3.63, 3.8) is 0 Å². The average Bonchev–Trinajstić information content (AvgIpc) is 3.58. The third kappa shape index (κ3) is 5.65. The normalized spacial score (nSPS) is 12.5. The first-order chi connectivity index (χ1) is 27.3. The minimum atomic E-state index is -0.406. The fraction of sp³-hybridized carbons (Fsp3) is 0.0192. The molecule has 0 aliphatic heterocycles. The van der Waals surface area contributed by atoms with E-state index >= 15 is 0 Å². The summed E-state index contributed by atoms with van der Waals surface area (Å²) in [6, 6.07) is 71.4. The molecule has 7 aromatic carbocycles. The summed E-state index contributed by atoms with van der Waals surface area (Å²) in [4.78, 5) is 14.4. The lowest BCUT2D eigenvalue weighted by molar-refractivity contribution is 0.768. The molecule has 10 rings (SSSR count). The van der Waals surface area contributed by atoms with Crippen molar-refractivity contribution in [3.8, 4) is 67.3 Å². The van der Waals surface area contributed by atoms with Gasteiger partial charge in [0.25, 0.3) is 0 Å². The summed E-state index contributed by atoms with van der Waals surface area (Å²) in [5, 5.41) is 0. The molecular formula is C52H35N3. The van der Waals surface area contributed by atoms with E-state index in [9.17, 15) is 0 Å². The van der Waals surface area contributed by atoms with Crippen molar-refractivity contribution < 1.29 is 0 Å². The number of aromatic nitrogens is 3. The van der Waals surface area contributed by atoms with Crippen LogP contribution in [0.25, 0.3) is 67.3 Å². The van der Waals surface area contributed by atoms with E-state index in [1.807, 2.05) is 30.5 Å². The van der Waals surface area contributed by atoms with Crippen molar-refractivity contribution in [2.24, 2.45) is 0 Å². The van der Waals surface area contributed by atoms with Crippen molar-refractivity contribution in [1.82, 2.24) is 15.0 Å². The predicted octanol–water partition coefficient (Wildman–Crippen LogP) is 12.6. The number of fused-ring (bicyclic) bond motifs is 3.